The van der Waals surface area contributed by atoms with Crippen molar-refractivity contribution in [1.82, 2.24) is 14.9 Å². The van der Waals surface area contributed by atoms with Gasteiger partial charge in [0.15, 0.2) is 0 Å². The van der Waals surface area contributed by atoms with Crippen molar-refractivity contribution in [2.75, 3.05) is 20.3 Å². The third-order valence-electron chi connectivity index (χ3n) is 2.52. The molecule has 92 valence electrons. The van der Waals surface area contributed by atoms with E-state index in [0.29, 0.717) is 0 Å². The van der Waals surface area contributed by atoms with E-state index >= 15 is 0 Å². The van der Waals surface area contributed by atoms with Gasteiger partial charge in [0.2, 0.25) is 0 Å². The first-order valence-electron chi connectivity index (χ1n) is 5.60. The molecule has 0 radical (unpaired) electrons. The molecule has 17 heavy (non-hydrogen) atoms. The van der Waals surface area contributed by atoms with E-state index in [2.05, 4.69) is 31.7 Å². The van der Waals surface area contributed by atoms with E-state index in [4.69, 9.17) is 4.74 Å². The highest BCUT2D eigenvalue weighted by Gasteiger charge is 2.02. The summed E-state index contributed by atoms with van der Waals surface area (Å²) in [6.07, 6.45) is 3.79. The molecule has 2 heterocycles. The topological polar surface area (TPSA) is 39.1 Å². The second-order valence-corrected chi connectivity index (χ2v) is 4.59. The van der Waals surface area contributed by atoms with Crippen LogP contribution >= 0.6 is 11.3 Å². The number of nitrogens with zero attached hydrogens (tertiary/aromatic N) is 2. The largest absolute Gasteiger partial charge is 0.383 e. The second-order valence-electron chi connectivity index (χ2n) is 3.81. The van der Waals surface area contributed by atoms with Crippen LogP contribution in [0.15, 0.2) is 29.4 Å². The summed E-state index contributed by atoms with van der Waals surface area (Å²) in [7, 11) is 1.71. The van der Waals surface area contributed by atoms with Crippen LogP contribution in [0.5, 0.6) is 0 Å². The molecule has 0 aliphatic heterocycles. The third kappa shape index (κ3) is 3.66. The molecule has 0 bridgehead atoms. The quantitative estimate of drug-likeness (QED) is 0.762. The Kier molecular flexibility index (Phi) is 4.73. The highest BCUT2D eigenvalue weighted by molar-refractivity contribution is 7.07. The Labute approximate surface area is 105 Å². The molecule has 0 fully saturated rings. The number of aromatic nitrogens is 2. The maximum Gasteiger partial charge on any atom is 0.0951 e. The minimum Gasteiger partial charge on any atom is -0.383 e. The zero-order chi connectivity index (χ0) is 11.9. The van der Waals surface area contributed by atoms with Crippen molar-refractivity contribution < 1.29 is 4.74 Å². The number of rotatable bonds is 7. The molecule has 2 rings (SSSR count). The summed E-state index contributed by atoms with van der Waals surface area (Å²) in [6.45, 7) is 3.32. The smallest absolute Gasteiger partial charge is 0.0951 e. The Balaban J connectivity index is 1.88. The lowest BCUT2D eigenvalue weighted by atomic mass is 10.3. The van der Waals surface area contributed by atoms with Crippen molar-refractivity contribution in [2.24, 2.45) is 0 Å². The van der Waals surface area contributed by atoms with Crippen LogP contribution in [0, 0.1) is 0 Å². The maximum absolute atomic E-state index is 4.99. The van der Waals surface area contributed by atoms with E-state index in [1.54, 1.807) is 18.4 Å². The number of imidazole rings is 1. The first-order chi connectivity index (χ1) is 8.40. The summed E-state index contributed by atoms with van der Waals surface area (Å²) < 4.78 is 7.16. The van der Waals surface area contributed by atoms with Crippen molar-refractivity contribution >= 4 is 11.3 Å². The summed E-state index contributed by atoms with van der Waals surface area (Å²) in [5, 5.41) is 7.59. The molecule has 0 amide bonds. The van der Waals surface area contributed by atoms with Crippen LogP contribution in [0.1, 0.15) is 11.3 Å². The van der Waals surface area contributed by atoms with Gasteiger partial charge in [-0.1, -0.05) is 0 Å². The predicted molar refractivity (Wildman–Crippen MR) is 69.2 cm³/mol. The maximum atomic E-state index is 4.99. The van der Waals surface area contributed by atoms with Crippen LogP contribution in [0.2, 0.25) is 0 Å². The number of methoxy groups -OCH3 is 1. The van der Waals surface area contributed by atoms with Gasteiger partial charge in [-0.15, -0.1) is 0 Å². The number of hydrogen-bond donors (Lipinski definition) is 1. The first kappa shape index (κ1) is 12.3. The van der Waals surface area contributed by atoms with Gasteiger partial charge in [-0.05, 0) is 22.4 Å². The van der Waals surface area contributed by atoms with Crippen LogP contribution < -0.4 is 5.32 Å². The highest BCUT2D eigenvalue weighted by atomic mass is 32.1. The summed E-state index contributed by atoms with van der Waals surface area (Å²) in [5.41, 5.74) is 2.53. The van der Waals surface area contributed by atoms with Gasteiger partial charge < -0.3 is 14.6 Å². The first-order valence-corrected chi connectivity index (χ1v) is 6.54. The fourth-order valence-electron chi connectivity index (χ4n) is 1.61. The van der Waals surface area contributed by atoms with Crippen molar-refractivity contribution in [1.29, 1.82) is 0 Å². The third-order valence-corrected chi connectivity index (χ3v) is 3.25. The Morgan fingerprint density at radius 2 is 2.47 bits per heavy atom. The van der Waals surface area contributed by atoms with Crippen LogP contribution in [0.25, 0.3) is 0 Å². The Morgan fingerprint density at radius 3 is 3.24 bits per heavy atom. The SMILES string of the molecule is COCCNCc1cncn1Cc1ccsc1. The Morgan fingerprint density at radius 1 is 1.53 bits per heavy atom. The zero-order valence-electron chi connectivity index (χ0n) is 9.93. The summed E-state index contributed by atoms with van der Waals surface area (Å²) in [4.78, 5) is 4.20. The van der Waals surface area contributed by atoms with Crippen LogP contribution in [0.3, 0.4) is 0 Å². The van der Waals surface area contributed by atoms with E-state index in [0.717, 1.165) is 26.2 Å². The fraction of sp³-hybridized carbons (Fsp3) is 0.417. The molecule has 0 aliphatic rings. The van der Waals surface area contributed by atoms with Crippen LogP contribution in [-0.4, -0.2) is 29.8 Å². The van der Waals surface area contributed by atoms with Gasteiger partial charge >= 0.3 is 0 Å². The lowest BCUT2D eigenvalue weighted by Crippen LogP contribution is -2.20. The van der Waals surface area contributed by atoms with Gasteiger partial charge in [0.05, 0.1) is 18.6 Å². The van der Waals surface area contributed by atoms with Gasteiger partial charge in [-0.3, -0.25) is 0 Å². The molecule has 0 aliphatic carbocycles. The minimum absolute atomic E-state index is 0.735. The minimum atomic E-state index is 0.735. The number of ether oxygens (including phenoxy) is 1. The molecule has 0 aromatic carbocycles. The van der Waals surface area contributed by atoms with Crippen molar-refractivity contribution in [3.63, 3.8) is 0 Å². The molecule has 5 heteroatoms. The number of hydrogen-bond acceptors (Lipinski definition) is 4. The van der Waals surface area contributed by atoms with E-state index in [-0.39, 0.29) is 0 Å². The van der Waals surface area contributed by atoms with E-state index in [9.17, 15) is 0 Å². The lowest BCUT2D eigenvalue weighted by Gasteiger charge is -2.08. The predicted octanol–water partition coefficient (Wildman–Crippen LogP) is 1.73. The van der Waals surface area contributed by atoms with Gasteiger partial charge in [0.25, 0.3) is 0 Å². The van der Waals surface area contributed by atoms with Gasteiger partial charge in [-0.25, -0.2) is 4.98 Å². The van der Waals surface area contributed by atoms with Crippen LogP contribution in [-0.2, 0) is 17.8 Å². The number of nitrogens with one attached hydrogen (secondary N) is 1. The summed E-state index contributed by atoms with van der Waals surface area (Å²) in [6, 6.07) is 2.15. The molecule has 0 unspecified atom stereocenters. The van der Waals surface area contributed by atoms with E-state index in [1.807, 2.05) is 12.5 Å². The average molecular weight is 251 g/mol. The monoisotopic (exact) mass is 251 g/mol. The standard InChI is InChI=1S/C12H17N3OS/c1-16-4-3-13-6-12-7-14-10-15(12)8-11-2-5-17-9-11/h2,5,7,9-10,13H,3-4,6,8H2,1H3. The van der Waals surface area contributed by atoms with Crippen molar-refractivity contribution in [3.05, 3.63) is 40.6 Å². The molecule has 0 atom stereocenters. The van der Waals surface area contributed by atoms with Crippen LogP contribution in [0.4, 0.5) is 0 Å². The van der Waals surface area contributed by atoms with E-state index in [1.165, 1.54) is 11.3 Å². The van der Waals surface area contributed by atoms with Gasteiger partial charge in [-0.2, -0.15) is 11.3 Å². The number of thiophene rings is 1. The molecule has 2 aromatic rings. The van der Waals surface area contributed by atoms with Crippen molar-refractivity contribution in [3.8, 4) is 0 Å². The molecule has 0 spiro atoms. The van der Waals surface area contributed by atoms with Gasteiger partial charge in [0.1, 0.15) is 0 Å². The van der Waals surface area contributed by atoms with E-state index < -0.39 is 0 Å². The molecule has 4 nitrogen and oxygen atoms in total. The van der Waals surface area contributed by atoms with Crippen molar-refractivity contribution in [2.45, 2.75) is 13.1 Å². The Bertz CT molecular complexity index is 425. The average Bonchev–Trinajstić information content (AvgIpc) is 2.97. The zero-order valence-corrected chi connectivity index (χ0v) is 10.7. The summed E-state index contributed by atoms with van der Waals surface area (Å²) in [5.74, 6) is 0. The lowest BCUT2D eigenvalue weighted by molar-refractivity contribution is 0.199. The second kappa shape index (κ2) is 6.54. The molecule has 0 saturated carbocycles. The molecule has 0 saturated heterocycles. The summed E-state index contributed by atoms with van der Waals surface area (Å²) >= 11 is 1.73. The Hall–Kier alpha value is -1.17. The molecular formula is C12H17N3OS. The normalized spacial score (nSPS) is 10.9. The molecule has 1 N–H and O–H groups in total. The van der Waals surface area contributed by atoms with Gasteiger partial charge in [0, 0.05) is 32.9 Å². The molecular weight excluding hydrogens is 234 g/mol. The molecule has 2 aromatic heterocycles. The fourth-order valence-corrected chi connectivity index (χ4v) is 2.27. The highest BCUT2D eigenvalue weighted by Crippen LogP contribution is 2.09.